The summed E-state index contributed by atoms with van der Waals surface area (Å²) in [4.78, 5) is 54.2. The summed E-state index contributed by atoms with van der Waals surface area (Å²) in [5.41, 5.74) is 1.01. The molecule has 1 aromatic heterocycles. The minimum Gasteiger partial charge on any atom is -0.357 e. The lowest BCUT2D eigenvalue weighted by Crippen LogP contribution is -2.56. The first-order chi connectivity index (χ1) is 14.4. The van der Waals surface area contributed by atoms with Crippen molar-refractivity contribution in [3.05, 3.63) is 16.6 Å². The Morgan fingerprint density at radius 1 is 1.10 bits per heavy atom. The summed E-state index contributed by atoms with van der Waals surface area (Å²) in [6.07, 6.45) is 1.79. The van der Waals surface area contributed by atoms with Crippen LogP contribution in [0.25, 0.3) is 0 Å². The van der Waals surface area contributed by atoms with Crippen molar-refractivity contribution in [2.75, 3.05) is 13.6 Å². The molecule has 0 aromatic carbocycles. The summed E-state index contributed by atoms with van der Waals surface area (Å²) in [6.45, 7) is 9.05. The topological polar surface area (TPSA) is 150 Å². The quantitative estimate of drug-likeness (QED) is 0.262. The first kappa shape index (κ1) is 26.5. The van der Waals surface area contributed by atoms with Gasteiger partial charge in [0.1, 0.15) is 6.04 Å². The second-order valence-electron chi connectivity index (χ2n) is 8.79. The maximum absolute atomic E-state index is 13.2. The van der Waals surface area contributed by atoms with Gasteiger partial charge >= 0.3 is 0 Å². The molecule has 0 radical (unpaired) electrons. The molecule has 31 heavy (non-hydrogen) atoms. The number of carbonyl (C=O) groups excluding carboxylic acids is 4. The van der Waals surface area contributed by atoms with E-state index in [0.29, 0.717) is 6.42 Å². The maximum Gasteiger partial charge on any atom is 0.280 e. The highest BCUT2D eigenvalue weighted by Gasteiger charge is 2.39. The average Bonchev–Trinajstić information content (AvgIpc) is 3.23. The third-order valence-electron chi connectivity index (χ3n) is 4.77. The highest BCUT2D eigenvalue weighted by molar-refractivity contribution is 7.11. The molecule has 174 valence electrons. The third-order valence-corrected chi connectivity index (χ3v) is 5.54. The van der Waals surface area contributed by atoms with Crippen molar-refractivity contribution in [3.8, 4) is 0 Å². The molecule has 0 aliphatic carbocycles. The van der Waals surface area contributed by atoms with Crippen LogP contribution in [0.1, 0.15) is 50.8 Å². The number of hydrogen-bond acceptors (Lipinski definition) is 7. The predicted molar refractivity (Wildman–Crippen MR) is 116 cm³/mol. The van der Waals surface area contributed by atoms with Crippen molar-refractivity contribution in [1.82, 2.24) is 26.4 Å². The molecule has 0 unspecified atom stereocenters. The minimum absolute atomic E-state index is 0.0347. The van der Waals surface area contributed by atoms with Crippen molar-refractivity contribution in [2.45, 2.75) is 47.1 Å². The molecule has 11 heteroatoms. The van der Waals surface area contributed by atoms with E-state index in [4.69, 9.17) is 0 Å². The van der Waals surface area contributed by atoms with Crippen LogP contribution in [0.3, 0.4) is 0 Å². The molecule has 0 saturated heterocycles. The SMILES string of the molecule is CNC(=O)[C@@H](NC(=O)[C@H](CC(C)C)[C@H](CNC(=O)c1nccs1)C(=O)NO)C(C)(C)C. The summed E-state index contributed by atoms with van der Waals surface area (Å²) in [5, 5.41) is 19.0. The third kappa shape index (κ3) is 7.91. The molecule has 0 bridgehead atoms. The minimum atomic E-state index is -1.05. The zero-order chi connectivity index (χ0) is 23.8. The summed E-state index contributed by atoms with van der Waals surface area (Å²) in [7, 11) is 1.48. The highest BCUT2D eigenvalue weighted by atomic mass is 32.1. The molecular weight excluding hydrogens is 422 g/mol. The Labute approximate surface area is 186 Å². The van der Waals surface area contributed by atoms with E-state index in [1.807, 2.05) is 34.6 Å². The van der Waals surface area contributed by atoms with E-state index >= 15 is 0 Å². The van der Waals surface area contributed by atoms with Gasteiger partial charge in [-0.1, -0.05) is 34.6 Å². The van der Waals surface area contributed by atoms with Gasteiger partial charge in [0.15, 0.2) is 5.01 Å². The molecule has 1 rings (SSSR count). The van der Waals surface area contributed by atoms with Crippen LogP contribution in [0.15, 0.2) is 11.6 Å². The summed E-state index contributed by atoms with van der Waals surface area (Å²) in [6, 6.07) is -0.831. The summed E-state index contributed by atoms with van der Waals surface area (Å²) >= 11 is 1.14. The van der Waals surface area contributed by atoms with Gasteiger partial charge < -0.3 is 16.0 Å². The van der Waals surface area contributed by atoms with Gasteiger partial charge in [-0.15, -0.1) is 11.3 Å². The number of nitrogens with zero attached hydrogens (tertiary/aromatic N) is 1. The van der Waals surface area contributed by atoms with E-state index in [0.717, 1.165) is 11.3 Å². The van der Waals surface area contributed by atoms with Gasteiger partial charge in [0.2, 0.25) is 17.7 Å². The molecule has 1 aromatic rings. The summed E-state index contributed by atoms with van der Waals surface area (Å²) < 4.78 is 0. The zero-order valence-corrected chi connectivity index (χ0v) is 19.6. The van der Waals surface area contributed by atoms with Crippen molar-refractivity contribution in [1.29, 1.82) is 0 Å². The lowest BCUT2D eigenvalue weighted by atomic mass is 9.81. The number of carbonyl (C=O) groups is 4. The van der Waals surface area contributed by atoms with Crippen LogP contribution < -0.4 is 21.4 Å². The fourth-order valence-corrected chi connectivity index (χ4v) is 3.70. The van der Waals surface area contributed by atoms with E-state index in [2.05, 4.69) is 20.9 Å². The Balaban J connectivity index is 3.13. The van der Waals surface area contributed by atoms with Gasteiger partial charge in [-0.25, -0.2) is 10.5 Å². The first-order valence-corrected chi connectivity index (χ1v) is 10.9. The van der Waals surface area contributed by atoms with Gasteiger partial charge in [0.05, 0.1) is 11.8 Å². The molecule has 0 fully saturated rings. The zero-order valence-electron chi connectivity index (χ0n) is 18.8. The fourth-order valence-electron chi connectivity index (χ4n) is 3.15. The molecule has 1 heterocycles. The largest absolute Gasteiger partial charge is 0.357 e. The van der Waals surface area contributed by atoms with Crippen molar-refractivity contribution in [2.24, 2.45) is 23.2 Å². The van der Waals surface area contributed by atoms with Crippen LogP contribution in [0.2, 0.25) is 0 Å². The van der Waals surface area contributed by atoms with Crippen LogP contribution in [0, 0.1) is 23.2 Å². The molecule has 10 nitrogen and oxygen atoms in total. The number of amides is 4. The van der Waals surface area contributed by atoms with Gasteiger partial charge in [-0.2, -0.15) is 0 Å². The van der Waals surface area contributed by atoms with E-state index < -0.39 is 41.0 Å². The number of hydroxylamine groups is 1. The van der Waals surface area contributed by atoms with Gasteiger partial charge in [0, 0.05) is 25.2 Å². The Hall–Kier alpha value is -2.53. The summed E-state index contributed by atoms with van der Waals surface area (Å²) in [5.74, 6) is -4.05. The Morgan fingerprint density at radius 3 is 2.19 bits per heavy atom. The van der Waals surface area contributed by atoms with E-state index in [-0.39, 0.29) is 23.4 Å². The highest BCUT2D eigenvalue weighted by Crippen LogP contribution is 2.25. The molecule has 5 N–H and O–H groups in total. The van der Waals surface area contributed by atoms with E-state index in [9.17, 15) is 24.4 Å². The number of hydrogen-bond donors (Lipinski definition) is 5. The molecule has 3 atom stereocenters. The van der Waals surface area contributed by atoms with Gasteiger partial charge in [0.25, 0.3) is 5.91 Å². The maximum atomic E-state index is 13.2. The predicted octanol–water partition coefficient (Wildman–Crippen LogP) is 0.934. The molecule has 4 amide bonds. The molecule has 0 aliphatic rings. The first-order valence-electron chi connectivity index (χ1n) is 10.1. The molecular formula is C20H33N5O5S. The molecule has 0 saturated carbocycles. The van der Waals surface area contributed by atoms with Gasteiger partial charge in [-0.3, -0.25) is 24.4 Å². The number of thiazole rings is 1. The second kappa shape index (κ2) is 11.8. The number of nitrogens with one attached hydrogen (secondary N) is 4. The molecule has 0 spiro atoms. The van der Waals surface area contributed by atoms with Gasteiger partial charge in [-0.05, 0) is 17.8 Å². The average molecular weight is 456 g/mol. The molecule has 0 aliphatic heterocycles. The Morgan fingerprint density at radius 2 is 1.74 bits per heavy atom. The number of aromatic nitrogens is 1. The van der Waals surface area contributed by atoms with Crippen LogP contribution in [-0.4, -0.2) is 53.5 Å². The number of likely N-dealkylation sites (N-methyl/N-ethyl adjacent to an activating group) is 1. The standard InChI is InChI=1S/C20H33N5O5S/c1-11(2)9-12(15(26)24-14(17(28)21-6)20(3,4)5)13(16(27)25-30)10-23-18(29)19-22-7-8-31-19/h7-8,11-14,30H,9-10H2,1-6H3,(H,21,28)(H,23,29)(H,24,26)(H,25,27)/t12-,13+,14-/m1/s1. The van der Waals surface area contributed by atoms with Crippen LogP contribution >= 0.6 is 11.3 Å². The Bertz CT molecular complexity index is 761. The normalized spacial score (nSPS) is 14.3. The monoisotopic (exact) mass is 455 g/mol. The van der Waals surface area contributed by atoms with E-state index in [1.165, 1.54) is 13.2 Å². The van der Waals surface area contributed by atoms with E-state index in [1.54, 1.807) is 10.9 Å². The second-order valence-corrected chi connectivity index (χ2v) is 9.68. The number of rotatable bonds is 10. The lowest BCUT2D eigenvalue weighted by Gasteiger charge is -2.33. The van der Waals surface area contributed by atoms with Crippen molar-refractivity contribution >= 4 is 35.0 Å². The van der Waals surface area contributed by atoms with Crippen LogP contribution in [0.5, 0.6) is 0 Å². The fraction of sp³-hybridized carbons (Fsp3) is 0.650. The Kier molecular flexibility index (Phi) is 10.0. The van der Waals surface area contributed by atoms with Crippen molar-refractivity contribution < 1.29 is 24.4 Å². The van der Waals surface area contributed by atoms with Crippen LogP contribution in [-0.2, 0) is 14.4 Å². The van der Waals surface area contributed by atoms with Crippen molar-refractivity contribution in [3.63, 3.8) is 0 Å². The lowest BCUT2D eigenvalue weighted by molar-refractivity contribution is -0.142. The van der Waals surface area contributed by atoms with Crippen LogP contribution in [0.4, 0.5) is 0 Å². The smallest absolute Gasteiger partial charge is 0.280 e.